The van der Waals surface area contributed by atoms with E-state index in [0.29, 0.717) is 16.0 Å². The van der Waals surface area contributed by atoms with E-state index in [1.165, 1.54) is 0 Å². The lowest BCUT2D eigenvalue weighted by Gasteiger charge is -2.08. The van der Waals surface area contributed by atoms with Gasteiger partial charge in [0, 0.05) is 11.5 Å². The zero-order chi connectivity index (χ0) is 12.4. The molecule has 0 amide bonds. The molecule has 1 aromatic heterocycles. The number of nitrogens with one attached hydrogen (secondary N) is 1. The summed E-state index contributed by atoms with van der Waals surface area (Å²) in [5, 5.41) is 0. The number of nitrogens with zero attached hydrogens (tertiary/aromatic N) is 1. The molecule has 17 heavy (non-hydrogen) atoms. The third kappa shape index (κ3) is 2.47. The summed E-state index contributed by atoms with van der Waals surface area (Å²) in [4.78, 5) is 19.1. The predicted molar refractivity (Wildman–Crippen MR) is 72.1 cm³/mol. The van der Waals surface area contributed by atoms with Crippen LogP contribution in [0.3, 0.4) is 0 Å². The molecule has 0 aliphatic rings. The summed E-state index contributed by atoms with van der Waals surface area (Å²) in [6.45, 7) is 4.00. The first kappa shape index (κ1) is 12.0. The first-order chi connectivity index (χ1) is 8.09. The Bertz CT molecular complexity index is 576. The molecule has 2 rings (SSSR count). The lowest BCUT2D eigenvalue weighted by atomic mass is 10.1. The average molecular weight is 293 g/mol. The van der Waals surface area contributed by atoms with Gasteiger partial charge in [-0.2, -0.15) is 0 Å². The molecule has 0 saturated carbocycles. The van der Waals surface area contributed by atoms with Crippen molar-refractivity contribution in [2.75, 3.05) is 0 Å². The van der Waals surface area contributed by atoms with Gasteiger partial charge in [-0.25, -0.2) is 4.98 Å². The van der Waals surface area contributed by atoms with Gasteiger partial charge in [0.1, 0.15) is 10.3 Å². The van der Waals surface area contributed by atoms with Crippen LogP contribution in [-0.2, 0) is 0 Å². The van der Waals surface area contributed by atoms with Gasteiger partial charge in [0.05, 0.1) is 5.69 Å². The molecule has 0 fully saturated rings. The van der Waals surface area contributed by atoms with Crippen LogP contribution >= 0.6 is 15.9 Å². The summed E-state index contributed by atoms with van der Waals surface area (Å²) >= 11 is 3.29. The minimum absolute atomic E-state index is 0.137. The molecule has 1 N–H and O–H groups in total. The van der Waals surface area contributed by atoms with Crippen LogP contribution in [0.1, 0.15) is 25.6 Å². The first-order valence-corrected chi connectivity index (χ1v) is 6.24. The number of halogens is 1. The minimum atomic E-state index is -0.137. The fourth-order valence-electron chi connectivity index (χ4n) is 1.54. The fourth-order valence-corrected chi connectivity index (χ4v) is 1.95. The van der Waals surface area contributed by atoms with E-state index in [1.807, 2.05) is 44.2 Å². The van der Waals surface area contributed by atoms with Gasteiger partial charge >= 0.3 is 0 Å². The third-order valence-electron chi connectivity index (χ3n) is 2.48. The highest BCUT2D eigenvalue weighted by Crippen LogP contribution is 2.24. The van der Waals surface area contributed by atoms with Crippen molar-refractivity contribution in [3.63, 3.8) is 0 Å². The van der Waals surface area contributed by atoms with Gasteiger partial charge in [-0.1, -0.05) is 44.2 Å². The largest absolute Gasteiger partial charge is 0.309 e. The number of hydrogen-bond donors (Lipinski definition) is 1. The Hall–Kier alpha value is -1.42. The minimum Gasteiger partial charge on any atom is -0.309 e. The maximum Gasteiger partial charge on any atom is 0.265 e. The highest BCUT2D eigenvalue weighted by molar-refractivity contribution is 9.10. The molecule has 0 unspecified atom stereocenters. The molecule has 0 aliphatic heterocycles. The van der Waals surface area contributed by atoms with Crippen LogP contribution in [-0.4, -0.2) is 9.97 Å². The zero-order valence-corrected chi connectivity index (χ0v) is 11.3. The lowest BCUT2D eigenvalue weighted by Crippen LogP contribution is -2.14. The number of aromatic amines is 1. The number of aromatic nitrogens is 2. The van der Waals surface area contributed by atoms with Gasteiger partial charge in [-0.05, 0) is 15.9 Å². The summed E-state index contributed by atoms with van der Waals surface area (Å²) in [7, 11) is 0. The molecule has 1 aromatic carbocycles. The van der Waals surface area contributed by atoms with E-state index < -0.39 is 0 Å². The molecule has 3 nitrogen and oxygen atoms in total. The Balaban J connectivity index is 2.65. The molecule has 2 aromatic rings. The second kappa shape index (κ2) is 4.84. The SMILES string of the molecule is CC(C)c1nc(-c2ccccc2)c(Br)c(=O)[nH]1. The zero-order valence-electron chi connectivity index (χ0n) is 9.70. The standard InChI is InChI=1S/C13H13BrN2O/c1-8(2)12-15-11(10(14)13(17)16-12)9-6-4-3-5-7-9/h3-8H,1-2H3,(H,15,16,17). The Kier molecular flexibility index (Phi) is 3.43. The molecule has 0 spiro atoms. The quantitative estimate of drug-likeness (QED) is 0.923. The smallest absolute Gasteiger partial charge is 0.265 e. The third-order valence-corrected chi connectivity index (χ3v) is 3.21. The van der Waals surface area contributed by atoms with Crippen molar-refractivity contribution in [2.24, 2.45) is 0 Å². The van der Waals surface area contributed by atoms with E-state index in [4.69, 9.17) is 0 Å². The molecule has 0 saturated heterocycles. The maximum atomic E-state index is 11.8. The van der Waals surface area contributed by atoms with Crippen molar-refractivity contribution >= 4 is 15.9 Å². The normalized spacial score (nSPS) is 10.8. The molecule has 1 heterocycles. The molecule has 88 valence electrons. The van der Waals surface area contributed by atoms with Gasteiger partial charge in [-0.3, -0.25) is 4.79 Å². The molecule has 0 aliphatic carbocycles. The Morgan fingerprint density at radius 2 is 1.88 bits per heavy atom. The highest BCUT2D eigenvalue weighted by atomic mass is 79.9. The van der Waals surface area contributed by atoms with Crippen LogP contribution < -0.4 is 5.56 Å². The van der Waals surface area contributed by atoms with Crippen molar-refractivity contribution in [3.05, 3.63) is 51.0 Å². The summed E-state index contributed by atoms with van der Waals surface area (Å²) in [5.74, 6) is 0.898. The van der Waals surface area contributed by atoms with E-state index in [2.05, 4.69) is 25.9 Å². The van der Waals surface area contributed by atoms with Crippen LogP contribution in [0.4, 0.5) is 0 Å². The highest BCUT2D eigenvalue weighted by Gasteiger charge is 2.12. The van der Waals surface area contributed by atoms with Crippen molar-refractivity contribution in [3.8, 4) is 11.3 Å². The van der Waals surface area contributed by atoms with E-state index in [1.54, 1.807) is 0 Å². The summed E-state index contributed by atoms with van der Waals surface area (Å²) in [6.07, 6.45) is 0. The Labute approximate surface area is 108 Å². The summed E-state index contributed by atoms with van der Waals surface area (Å²) < 4.78 is 0.480. The number of hydrogen-bond acceptors (Lipinski definition) is 2. The fraction of sp³-hybridized carbons (Fsp3) is 0.231. The van der Waals surface area contributed by atoms with E-state index in [9.17, 15) is 4.79 Å². The molecule has 4 heteroatoms. The van der Waals surface area contributed by atoms with Crippen molar-refractivity contribution < 1.29 is 0 Å². The Morgan fingerprint density at radius 1 is 1.24 bits per heavy atom. The summed E-state index contributed by atoms with van der Waals surface area (Å²) in [5.41, 5.74) is 1.49. The predicted octanol–water partition coefficient (Wildman–Crippen LogP) is 3.32. The monoisotopic (exact) mass is 292 g/mol. The maximum absolute atomic E-state index is 11.8. The van der Waals surface area contributed by atoms with Crippen LogP contribution in [0.5, 0.6) is 0 Å². The van der Waals surface area contributed by atoms with Crippen LogP contribution in [0.2, 0.25) is 0 Å². The first-order valence-electron chi connectivity index (χ1n) is 5.44. The second-order valence-corrected chi connectivity index (χ2v) is 4.93. The topological polar surface area (TPSA) is 45.8 Å². The van der Waals surface area contributed by atoms with E-state index in [0.717, 1.165) is 5.56 Å². The molecular weight excluding hydrogens is 280 g/mol. The van der Waals surface area contributed by atoms with Gasteiger partial charge in [0.25, 0.3) is 5.56 Å². The van der Waals surface area contributed by atoms with Crippen molar-refractivity contribution in [1.29, 1.82) is 0 Å². The number of H-pyrrole nitrogens is 1. The second-order valence-electron chi connectivity index (χ2n) is 4.13. The van der Waals surface area contributed by atoms with Gasteiger partial charge < -0.3 is 4.98 Å². The van der Waals surface area contributed by atoms with Crippen molar-refractivity contribution in [1.82, 2.24) is 9.97 Å². The molecular formula is C13H13BrN2O. The lowest BCUT2D eigenvalue weighted by molar-refractivity contribution is 0.766. The molecule has 0 radical (unpaired) electrons. The number of rotatable bonds is 2. The molecule has 0 atom stereocenters. The Morgan fingerprint density at radius 3 is 2.47 bits per heavy atom. The van der Waals surface area contributed by atoms with Gasteiger partial charge in [-0.15, -0.1) is 0 Å². The molecule has 0 bridgehead atoms. The van der Waals surface area contributed by atoms with E-state index in [-0.39, 0.29) is 11.5 Å². The van der Waals surface area contributed by atoms with Crippen molar-refractivity contribution in [2.45, 2.75) is 19.8 Å². The average Bonchev–Trinajstić information content (AvgIpc) is 2.33. The van der Waals surface area contributed by atoms with Crippen LogP contribution in [0.15, 0.2) is 39.6 Å². The van der Waals surface area contributed by atoms with E-state index >= 15 is 0 Å². The van der Waals surface area contributed by atoms with Gasteiger partial charge in [0.2, 0.25) is 0 Å². The van der Waals surface area contributed by atoms with Crippen LogP contribution in [0.25, 0.3) is 11.3 Å². The van der Waals surface area contributed by atoms with Crippen LogP contribution in [0, 0.1) is 0 Å². The van der Waals surface area contributed by atoms with Gasteiger partial charge in [0.15, 0.2) is 0 Å². The summed E-state index contributed by atoms with van der Waals surface area (Å²) in [6, 6.07) is 9.68. The number of benzene rings is 1.